The molecule has 27 heavy (non-hydrogen) atoms. The summed E-state index contributed by atoms with van der Waals surface area (Å²) in [5.41, 5.74) is 9.76. The van der Waals surface area contributed by atoms with Crippen LogP contribution < -0.4 is 25.6 Å². The highest BCUT2D eigenvalue weighted by Gasteiger charge is 2.43. The molecule has 1 saturated heterocycles. The molecule has 2 aliphatic rings. The molecular weight excluding hydrogens is 342 g/mol. The number of hydrogen-bond acceptors (Lipinski definition) is 5. The molecule has 1 amide bonds. The van der Waals surface area contributed by atoms with Crippen LogP contribution in [0.5, 0.6) is 11.5 Å². The summed E-state index contributed by atoms with van der Waals surface area (Å²) in [6.07, 6.45) is 1.88. The second kappa shape index (κ2) is 7.58. The molecule has 3 N–H and O–H groups in total. The maximum atomic E-state index is 12.9. The Morgan fingerprint density at radius 1 is 1.22 bits per heavy atom. The number of nitrogens with one attached hydrogen (secondary N) is 3. The van der Waals surface area contributed by atoms with E-state index < -0.39 is 0 Å². The van der Waals surface area contributed by atoms with E-state index in [9.17, 15) is 4.79 Å². The van der Waals surface area contributed by atoms with Gasteiger partial charge in [-0.25, -0.2) is 10.9 Å². The molecule has 142 valence electrons. The van der Waals surface area contributed by atoms with Gasteiger partial charge in [0.1, 0.15) is 17.5 Å². The molecule has 0 bridgehead atoms. The first-order chi connectivity index (χ1) is 13.2. The minimum Gasteiger partial charge on any atom is -0.497 e. The number of rotatable bonds is 5. The number of para-hydroxylation sites is 2. The SMILES string of the molecule is CCOc1ccccc1NC(=O)C1NNC2c3ccc(OC)cc3CCC12. The zero-order chi connectivity index (χ0) is 18.8. The third-order valence-corrected chi connectivity index (χ3v) is 5.41. The van der Waals surface area contributed by atoms with Gasteiger partial charge in [-0.2, -0.15) is 0 Å². The van der Waals surface area contributed by atoms with Crippen molar-refractivity contribution in [3.63, 3.8) is 0 Å². The molecule has 0 spiro atoms. The summed E-state index contributed by atoms with van der Waals surface area (Å²) in [5.74, 6) is 1.72. The number of carbonyl (C=O) groups excluding carboxylic acids is 1. The summed E-state index contributed by atoms with van der Waals surface area (Å²) in [4.78, 5) is 12.9. The zero-order valence-corrected chi connectivity index (χ0v) is 15.6. The number of carbonyl (C=O) groups is 1. The summed E-state index contributed by atoms with van der Waals surface area (Å²) in [7, 11) is 1.68. The van der Waals surface area contributed by atoms with E-state index in [1.54, 1.807) is 7.11 Å². The van der Waals surface area contributed by atoms with Crippen LogP contribution in [0.1, 0.15) is 30.5 Å². The quantitative estimate of drug-likeness (QED) is 0.758. The largest absolute Gasteiger partial charge is 0.497 e. The number of ether oxygens (including phenoxy) is 2. The molecule has 3 atom stereocenters. The van der Waals surface area contributed by atoms with Gasteiger partial charge in [0.15, 0.2) is 0 Å². The van der Waals surface area contributed by atoms with Crippen LogP contribution in [0, 0.1) is 5.92 Å². The molecule has 4 rings (SSSR count). The van der Waals surface area contributed by atoms with Gasteiger partial charge in [-0.1, -0.05) is 18.2 Å². The highest BCUT2D eigenvalue weighted by atomic mass is 16.5. The summed E-state index contributed by atoms with van der Waals surface area (Å²) in [6, 6.07) is 13.5. The molecule has 0 aromatic heterocycles. The Morgan fingerprint density at radius 3 is 2.89 bits per heavy atom. The third-order valence-electron chi connectivity index (χ3n) is 5.41. The Morgan fingerprint density at radius 2 is 2.07 bits per heavy atom. The fraction of sp³-hybridized carbons (Fsp3) is 0.381. The monoisotopic (exact) mass is 367 g/mol. The lowest BCUT2D eigenvalue weighted by molar-refractivity contribution is -0.118. The fourth-order valence-corrected chi connectivity index (χ4v) is 4.10. The molecular formula is C21H25N3O3. The van der Waals surface area contributed by atoms with Crippen LogP contribution in [0.15, 0.2) is 42.5 Å². The van der Waals surface area contributed by atoms with Gasteiger partial charge >= 0.3 is 0 Å². The molecule has 1 fully saturated rings. The maximum absolute atomic E-state index is 12.9. The number of benzene rings is 2. The topological polar surface area (TPSA) is 71.6 Å². The van der Waals surface area contributed by atoms with E-state index >= 15 is 0 Å². The highest BCUT2D eigenvalue weighted by Crippen LogP contribution is 2.40. The number of anilines is 1. The number of fused-ring (bicyclic) bond motifs is 3. The Kier molecular flexibility index (Phi) is 5.01. The molecule has 1 heterocycles. The van der Waals surface area contributed by atoms with E-state index in [1.165, 1.54) is 11.1 Å². The smallest absolute Gasteiger partial charge is 0.243 e. The standard InChI is InChI=1S/C21H25N3O3/c1-3-27-18-7-5-4-6-17(18)22-21(25)20-16-10-8-13-12-14(26-2)9-11-15(13)19(16)23-24-20/h4-7,9,11-12,16,19-20,23-24H,3,8,10H2,1-2H3,(H,22,25). The predicted molar refractivity (Wildman–Crippen MR) is 104 cm³/mol. The van der Waals surface area contributed by atoms with Gasteiger partial charge < -0.3 is 14.8 Å². The van der Waals surface area contributed by atoms with Gasteiger partial charge in [0.25, 0.3) is 0 Å². The van der Waals surface area contributed by atoms with Gasteiger partial charge in [-0.15, -0.1) is 0 Å². The Hall–Kier alpha value is -2.57. The van der Waals surface area contributed by atoms with E-state index in [0.717, 1.165) is 18.6 Å². The lowest BCUT2D eigenvalue weighted by Gasteiger charge is -2.29. The molecule has 3 unspecified atom stereocenters. The maximum Gasteiger partial charge on any atom is 0.243 e. The Labute approximate surface area is 159 Å². The minimum absolute atomic E-state index is 0.0425. The van der Waals surface area contributed by atoms with E-state index in [2.05, 4.69) is 28.3 Å². The number of amides is 1. The van der Waals surface area contributed by atoms with Crippen LogP contribution in [0.3, 0.4) is 0 Å². The third kappa shape index (κ3) is 3.38. The van der Waals surface area contributed by atoms with Crippen molar-refractivity contribution in [2.75, 3.05) is 19.0 Å². The molecule has 0 radical (unpaired) electrons. The highest BCUT2D eigenvalue weighted by molar-refractivity contribution is 5.96. The van der Waals surface area contributed by atoms with Crippen LogP contribution in [0.25, 0.3) is 0 Å². The lowest BCUT2D eigenvalue weighted by atomic mass is 9.77. The van der Waals surface area contributed by atoms with Crippen molar-refractivity contribution in [3.05, 3.63) is 53.6 Å². The Balaban J connectivity index is 1.51. The molecule has 2 aromatic rings. The fourth-order valence-electron chi connectivity index (χ4n) is 4.10. The van der Waals surface area contributed by atoms with Gasteiger partial charge in [-0.05, 0) is 55.2 Å². The summed E-state index contributed by atoms with van der Waals surface area (Å²) in [6.45, 7) is 2.49. The van der Waals surface area contributed by atoms with Crippen LogP contribution >= 0.6 is 0 Å². The molecule has 1 aliphatic carbocycles. The average Bonchev–Trinajstić information content (AvgIpc) is 3.14. The van der Waals surface area contributed by atoms with Crippen molar-refractivity contribution in [2.45, 2.75) is 31.8 Å². The predicted octanol–water partition coefficient (Wildman–Crippen LogP) is 2.81. The van der Waals surface area contributed by atoms with E-state index in [4.69, 9.17) is 9.47 Å². The number of hydrogen-bond donors (Lipinski definition) is 3. The van der Waals surface area contributed by atoms with Crippen molar-refractivity contribution in [2.24, 2.45) is 5.92 Å². The van der Waals surface area contributed by atoms with E-state index in [-0.39, 0.29) is 23.9 Å². The van der Waals surface area contributed by atoms with Gasteiger partial charge in [0, 0.05) is 5.92 Å². The number of aryl methyl sites for hydroxylation is 1. The molecule has 0 saturated carbocycles. The van der Waals surface area contributed by atoms with Gasteiger partial charge in [0.05, 0.1) is 25.4 Å². The molecule has 1 aliphatic heterocycles. The Bertz CT molecular complexity index is 839. The molecule has 6 heteroatoms. The van der Waals surface area contributed by atoms with Crippen LogP contribution in [0.4, 0.5) is 5.69 Å². The van der Waals surface area contributed by atoms with E-state index in [0.29, 0.717) is 18.0 Å². The zero-order valence-electron chi connectivity index (χ0n) is 15.6. The van der Waals surface area contributed by atoms with Crippen LogP contribution in [-0.2, 0) is 11.2 Å². The van der Waals surface area contributed by atoms with Crippen LogP contribution in [-0.4, -0.2) is 25.7 Å². The second-order valence-electron chi connectivity index (χ2n) is 6.93. The van der Waals surface area contributed by atoms with Crippen molar-refractivity contribution in [1.82, 2.24) is 10.9 Å². The minimum atomic E-state index is -0.292. The van der Waals surface area contributed by atoms with Crippen molar-refractivity contribution >= 4 is 11.6 Å². The first-order valence-electron chi connectivity index (χ1n) is 9.41. The lowest BCUT2D eigenvalue weighted by Crippen LogP contribution is -2.42. The van der Waals surface area contributed by atoms with Crippen molar-refractivity contribution in [1.29, 1.82) is 0 Å². The summed E-state index contributed by atoms with van der Waals surface area (Å²) >= 11 is 0. The number of methoxy groups -OCH3 is 1. The van der Waals surface area contributed by atoms with Gasteiger partial charge in [-0.3, -0.25) is 4.79 Å². The first kappa shape index (κ1) is 17.8. The molecule has 2 aromatic carbocycles. The molecule has 6 nitrogen and oxygen atoms in total. The number of hydrazine groups is 1. The summed E-state index contributed by atoms with van der Waals surface area (Å²) in [5, 5.41) is 3.03. The van der Waals surface area contributed by atoms with Crippen LogP contribution in [0.2, 0.25) is 0 Å². The van der Waals surface area contributed by atoms with Crippen molar-refractivity contribution < 1.29 is 14.3 Å². The second-order valence-corrected chi connectivity index (χ2v) is 6.93. The van der Waals surface area contributed by atoms with Crippen molar-refractivity contribution in [3.8, 4) is 11.5 Å². The van der Waals surface area contributed by atoms with Gasteiger partial charge in [0.2, 0.25) is 5.91 Å². The average molecular weight is 367 g/mol. The normalized spacial score (nSPS) is 23.3. The first-order valence-corrected chi connectivity index (χ1v) is 9.41. The summed E-state index contributed by atoms with van der Waals surface area (Å²) < 4.78 is 10.9. The van der Waals surface area contributed by atoms with E-state index in [1.807, 2.05) is 37.3 Å².